The fourth-order valence-electron chi connectivity index (χ4n) is 4.94. The van der Waals surface area contributed by atoms with Gasteiger partial charge in [-0.15, -0.1) is 5.10 Å². The maximum Gasteiger partial charge on any atom is 0.255 e. The molecular weight excluding hydrogens is 488 g/mol. The number of aromatic nitrogens is 4. The lowest BCUT2D eigenvalue weighted by Crippen LogP contribution is -2.35. The molecule has 0 saturated carbocycles. The molecule has 6 rings (SSSR count). The minimum atomic E-state index is -0.281. The Hall–Kier alpha value is -4.64. The van der Waals surface area contributed by atoms with Crippen LogP contribution in [0.1, 0.15) is 33.4 Å². The van der Waals surface area contributed by atoms with Crippen molar-refractivity contribution in [2.45, 2.75) is 12.5 Å². The molecule has 1 amide bonds. The zero-order valence-electron chi connectivity index (χ0n) is 21.2. The number of carbonyl (C=O) groups excluding carboxylic acids is 1. The van der Waals surface area contributed by atoms with Crippen LogP contribution in [0, 0.1) is 0 Å². The second kappa shape index (κ2) is 9.67. The number of anilines is 1. The quantitative estimate of drug-likeness (QED) is 0.414. The van der Waals surface area contributed by atoms with Crippen LogP contribution < -0.4 is 24.3 Å². The molecule has 38 heavy (non-hydrogen) atoms. The summed E-state index contributed by atoms with van der Waals surface area (Å²) in [5.74, 6) is 3.04. The van der Waals surface area contributed by atoms with Gasteiger partial charge in [-0.2, -0.15) is 4.68 Å². The van der Waals surface area contributed by atoms with Gasteiger partial charge in [-0.05, 0) is 84.1 Å². The molecule has 11 heteroatoms. The molecule has 0 saturated heterocycles. The van der Waals surface area contributed by atoms with Crippen LogP contribution in [-0.4, -0.2) is 65.6 Å². The van der Waals surface area contributed by atoms with E-state index in [2.05, 4.69) is 25.7 Å². The highest BCUT2D eigenvalue weighted by molar-refractivity contribution is 6.04. The molecule has 194 valence electrons. The molecule has 2 aliphatic rings. The van der Waals surface area contributed by atoms with Crippen LogP contribution in [0.4, 0.5) is 5.69 Å². The van der Waals surface area contributed by atoms with Gasteiger partial charge in [0.2, 0.25) is 12.5 Å². The molecule has 0 spiro atoms. The van der Waals surface area contributed by atoms with Crippen molar-refractivity contribution in [2.75, 3.05) is 39.9 Å². The van der Waals surface area contributed by atoms with Crippen molar-refractivity contribution >= 4 is 11.6 Å². The minimum absolute atomic E-state index is 0.158. The van der Waals surface area contributed by atoms with Gasteiger partial charge in [0, 0.05) is 23.4 Å². The Morgan fingerprint density at radius 1 is 1.05 bits per heavy atom. The fourth-order valence-corrected chi connectivity index (χ4v) is 4.94. The average molecular weight is 515 g/mol. The Morgan fingerprint density at radius 2 is 1.84 bits per heavy atom. The summed E-state index contributed by atoms with van der Waals surface area (Å²) in [6.07, 6.45) is 0.828. The Morgan fingerprint density at radius 3 is 2.58 bits per heavy atom. The Balaban J connectivity index is 1.31. The smallest absolute Gasteiger partial charge is 0.255 e. The summed E-state index contributed by atoms with van der Waals surface area (Å²) in [5.41, 5.74) is 3.97. The zero-order chi connectivity index (χ0) is 26.2. The standard InChI is InChI=1S/C27H26N6O5/c1-32-13-12-17-14-21-24(38-15-37-21)25(36-3)22(17)23(32)26-29-30-31-33(26)19-8-4-16(5-9-19)27(34)28-18-6-10-20(35-2)11-7-18/h4-11,14,23H,12-13,15H2,1-3H3,(H,28,34). The first-order valence-corrected chi connectivity index (χ1v) is 12.1. The van der Waals surface area contributed by atoms with E-state index in [0.29, 0.717) is 34.3 Å². The summed E-state index contributed by atoms with van der Waals surface area (Å²) in [6.45, 7) is 0.961. The van der Waals surface area contributed by atoms with Crippen LogP contribution in [0.5, 0.6) is 23.0 Å². The van der Waals surface area contributed by atoms with Gasteiger partial charge in [0.05, 0.1) is 19.9 Å². The summed E-state index contributed by atoms with van der Waals surface area (Å²) in [7, 11) is 5.26. The lowest BCUT2D eigenvalue weighted by atomic mass is 9.90. The first-order chi connectivity index (χ1) is 18.6. The average Bonchev–Trinajstić information content (AvgIpc) is 3.62. The van der Waals surface area contributed by atoms with Gasteiger partial charge < -0.3 is 24.3 Å². The SMILES string of the molecule is COc1ccc(NC(=O)c2ccc(-n3nnnc3C3c4c(cc5c(c4OC)OCO5)CCN3C)cc2)cc1. The van der Waals surface area contributed by atoms with E-state index < -0.39 is 0 Å². The van der Waals surface area contributed by atoms with Gasteiger partial charge in [0.15, 0.2) is 17.3 Å². The molecule has 4 aromatic rings. The van der Waals surface area contributed by atoms with E-state index in [1.807, 2.05) is 25.2 Å². The molecule has 0 aliphatic carbocycles. The lowest BCUT2D eigenvalue weighted by molar-refractivity contribution is 0.102. The number of methoxy groups -OCH3 is 2. The van der Waals surface area contributed by atoms with Crippen LogP contribution in [0.15, 0.2) is 54.6 Å². The summed E-state index contributed by atoms with van der Waals surface area (Å²) in [6, 6.07) is 16.0. The second-order valence-corrected chi connectivity index (χ2v) is 9.03. The van der Waals surface area contributed by atoms with E-state index in [1.54, 1.807) is 55.3 Å². The number of rotatable bonds is 6. The molecule has 11 nitrogen and oxygen atoms in total. The van der Waals surface area contributed by atoms with E-state index in [-0.39, 0.29) is 18.7 Å². The maximum absolute atomic E-state index is 12.8. The topological polar surface area (TPSA) is 113 Å². The maximum atomic E-state index is 12.8. The number of tetrazole rings is 1. The van der Waals surface area contributed by atoms with E-state index in [4.69, 9.17) is 18.9 Å². The molecule has 3 aromatic carbocycles. The second-order valence-electron chi connectivity index (χ2n) is 9.03. The summed E-state index contributed by atoms with van der Waals surface area (Å²) >= 11 is 0. The zero-order valence-corrected chi connectivity index (χ0v) is 21.2. The summed E-state index contributed by atoms with van der Waals surface area (Å²) in [4.78, 5) is 15.0. The third kappa shape index (κ3) is 4.06. The van der Waals surface area contributed by atoms with Crippen LogP contribution in [0.25, 0.3) is 5.69 Å². The molecule has 0 bridgehead atoms. The molecule has 1 unspecified atom stereocenters. The first kappa shape index (κ1) is 23.7. The predicted octanol–water partition coefficient (Wildman–Crippen LogP) is 3.24. The molecule has 1 atom stereocenters. The monoisotopic (exact) mass is 514 g/mol. The van der Waals surface area contributed by atoms with Gasteiger partial charge in [-0.3, -0.25) is 9.69 Å². The molecule has 0 fully saturated rings. The van der Waals surface area contributed by atoms with E-state index in [9.17, 15) is 4.79 Å². The number of nitrogens with one attached hydrogen (secondary N) is 1. The normalized spacial score (nSPS) is 16.1. The highest BCUT2D eigenvalue weighted by Crippen LogP contribution is 2.50. The number of hydrogen-bond acceptors (Lipinski definition) is 9. The van der Waals surface area contributed by atoms with Crippen LogP contribution in [0.3, 0.4) is 0 Å². The lowest BCUT2D eigenvalue weighted by Gasteiger charge is -2.34. The Bertz CT molecular complexity index is 1490. The third-order valence-corrected chi connectivity index (χ3v) is 6.86. The Kier molecular flexibility index (Phi) is 6.04. The van der Waals surface area contributed by atoms with Gasteiger partial charge in [0.1, 0.15) is 11.8 Å². The summed E-state index contributed by atoms with van der Waals surface area (Å²) in [5, 5.41) is 15.6. The largest absolute Gasteiger partial charge is 0.497 e. The van der Waals surface area contributed by atoms with E-state index >= 15 is 0 Å². The number of hydrogen-bond donors (Lipinski definition) is 1. The number of nitrogens with zero attached hydrogens (tertiary/aromatic N) is 5. The molecular formula is C27H26N6O5. The van der Waals surface area contributed by atoms with Gasteiger partial charge >= 0.3 is 0 Å². The molecule has 3 heterocycles. The molecule has 0 radical (unpaired) electrons. The van der Waals surface area contributed by atoms with Crippen molar-refractivity contribution in [2.24, 2.45) is 0 Å². The highest BCUT2D eigenvalue weighted by Gasteiger charge is 2.37. The number of likely N-dealkylation sites (N-methyl/N-ethyl adjacent to an activating group) is 1. The van der Waals surface area contributed by atoms with Crippen LogP contribution in [0.2, 0.25) is 0 Å². The van der Waals surface area contributed by atoms with Crippen LogP contribution in [-0.2, 0) is 6.42 Å². The van der Waals surface area contributed by atoms with Gasteiger partial charge in [-0.25, -0.2) is 0 Å². The number of fused-ring (bicyclic) bond motifs is 2. The van der Waals surface area contributed by atoms with Crippen LogP contribution >= 0.6 is 0 Å². The predicted molar refractivity (Wildman–Crippen MR) is 137 cm³/mol. The number of benzene rings is 3. The number of carbonyl (C=O) groups is 1. The third-order valence-electron chi connectivity index (χ3n) is 6.86. The van der Waals surface area contributed by atoms with Crippen molar-refractivity contribution in [1.29, 1.82) is 0 Å². The molecule has 1 aromatic heterocycles. The van der Waals surface area contributed by atoms with Gasteiger partial charge in [-0.1, -0.05) is 0 Å². The van der Waals surface area contributed by atoms with Crippen molar-refractivity contribution in [1.82, 2.24) is 25.1 Å². The summed E-state index contributed by atoms with van der Waals surface area (Å²) < 4.78 is 24.0. The van der Waals surface area contributed by atoms with Crippen molar-refractivity contribution in [3.63, 3.8) is 0 Å². The first-order valence-electron chi connectivity index (χ1n) is 12.1. The molecule has 1 N–H and O–H groups in total. The highest BCUT2D eigenvalue weighted by atomic mass is 16.7. The molecule has 2 aliphatic heterocycles. The fraction of sp³-hybridized carbons (Fsp3) is 0.259. The number of amides is 1. The van der Waals surface area contributed by atoms with Gasteiger partial charge in [0.25, 0.3) is 5.91 Å². The van der Waals surface area contributed by atoms with Crippen molar-refractivity contribution in [3.8, 4) is 28.7 Å². The van der Waals surface area contributed by atoms with Crippen molar-refractivity contribution < 1.29 is 23.7 Å². The number of ether oxygens (including phenoxy) is 4. The Labute approximate surface area is 218 Å². The van der Waals surface area contributed by atoms with Crippen molar-refractivity contribution in [3.05, 3.63) is 77.1 Å². The minimum Gasteiger partial charge on any atom is -0.497 e. The van der Waals surface area contributed by atoms with E-state index in [1.165, 1.54) is 0 Å². The van der Waals surface area contributed by atoms with E-state index in [0.717, 1.165) is 35.5 Å².